The molecule has 0 aliphatic rings. The van der Waals surface area contributed by atoms with Gasteiger partial charge in [0.15, 0.2) is 0 Å². The van der Waals surface area contributed by atoms with Crippen molar-refractivity contribution in [1.29, 1.82) is 0 Å². The molecule has 1 rings (SSSR count). The van der Waals surface area contributed by atoms with Crippen LogP contribution >= 0.6 is 11.8 Å². The van der Waals surface area contributed by atoms with E-state index in [1.165, 1.54) is 0 Å². The van der Waals surface area contributed by atoms with Crippen LogP contribution in [0.15, 0.2) is 29.8 Å². The van der Waals surface area contributed by atoms with E-state index in [9.17, 15) is 0 Å². The lowest BCUT2D eigenvalue weighted by Crippen LogP contribution is -2.07. The second kappa shape index (κ2) is 5.65. The lowest BCUT2D eigenvalue weighted by Gasteiger charge is -2.07. The molecule has 0 aromatic carbocycles. The van der Waals surface area contributed by atoms with Crippen molar-refractivity contribution in [2.24, 2.45) is 0 Å². The van der Waals surface area contributed by atoms with Gasteiger partial charge in [-0.2, -0.15) is 0 Å². The Bertz CT molecular complexity index is 285. The molecular formula is C10H14N2OS. The monoisotopic (exact) mass is 210 g/mol. The Balaban J connectivity index is 2.54. The third kappa shape index (κ3) is 3.79. The van der Waals surface area contributed by atoms with E-state index < -0.39 is 0 Å². The highest BCUT2D eigenvalue weighted by Crippen LogP contribution is 2.16. The maximum absolute atomic E-state index is 5.37. The molecule has 14 heavy (non-hydrogen) atoms. The zero-order chi connectivity index (χ0) is 10.4. The molecule has 0 aliphatic carbocycles. The molecule has 0 atom stereocenters. The van der Waals surface area contributed by atoms with Gasteiger partial charge in [-0.05, 0) is 19.9 Å². The molecule has 0 spiro atoms. The molecular weight excluding hydrogens is 196 g/mol. The zero-order valence-electron chi connectivity index (χ0n) is 8.43. The Morgan fingerprint density at radius 3 is 2.79 bits per heavy atom. The van der Waals surface area contributed by atoms with Crippen LogP contribution in [0.3, 0.4) is 0 Å². The smallest absolute Gasteiger partial charge is 0.233 e. The lowest BCUT2D eigenvalue weighted by atomic mass is 10.5. The summed E-state index contributed by atoms with van der Waals surface area (Å²) in [5, 5.41) is 8.84. The van der Waals surface area contributed by atoms with Crippen LogP contribution in [0.5, 0.6) is 5.88 Å². The van der Waals surface area contributed by atoms with Gasteiger partial charge in [0.2, 0.25) is 5.88 Å². The average Bonchev–Trinajstić information content (AvgIpc) is 2.16. The lowest BCUT2D eigenvalue weighted by molar-refractivity contribution is 0.229. The maximum atomic E-state index is 5.37. The van der Waals surface area contributed by atoms with Gasteiger partial charge in [-0.15, -0.1) is 28.5 Å². The molecule has 0 fully saturated rings. The normalized spacial score (nSPS) is 10.2. The predicted molar refractivity (Wildman–Crippen MR) is 58.7 cm³/mol. The van der Waals surface area contributed by atoms with Gasteiger partial charge in [0, 0.05) is 11.8 Å². The first-order chi connectivity index (χ1) is 6.72. The number of aromatic nitrogens is 2. The Morgan fingerprint density at radius 1 is 1.50 bits per heavy atom. The van der Waals surface area contributed by atoms with Crippen LogP contribution in [0.4, 0.5) is 0 Å². The molecule has 3 nitrogen and oxygen atoms in total. The largest absolute Gasteiger partial charge is 0.474 e. The highest BCUT2D eigenvalue weighted by Gasteiger charge is 2.00. The molecule has 0 N–H and O–H groups in total. The van der Waals surface area contributed by atoms with Crippen molar-refractivity contribution >= 4 is 11.8 Å². The van der Waals surface area contributed by atoms with Gasteiger partial charge in [0.05, 0.1) is 6.10 Å². The number of rotatable bonds is 5. The Hall–Kier alpha value is -1.03. The van der Waals surface area contributed by atoms with Crippen molar-refractivity contribution in [1.82, 2.24) is 10.2 Å². The predicted octanol–water partition coefficient (Wildman–Crippen LogP) is 2.54. The summed E-state index contributed by atoms with van der Waals surface area (Å²) in [7, 11) is 0. The summed E-state index contributed by atoms with van der Waals surface area (Å²) in [6, 6.07) is 3.73. The van der Waals surface area contributed by atoms with Gasteiger partial charge < -0.3 is 4.74 Å². The molecule has 1 aromatic heterocycles. The molecule has 0 saturated carbocycles. The second-order valence-corrected chi connectivity index (χ2v) is 4.02. The van der Waals surface area contributed by atoms with Crippen LogP contribution in [-0.4, -0.2) is 22.1 Å². The van der Waals surface area contributed by atoms with E-state index in [4.69, 9.17) is 4.74 Å². The minimum atomic E-state index is 0.135. The molecule has 0 aliphatic heterocycles. The summed E-state index contributed by atoms with van der Waals surface area (Å²) in [4.78, 5) is 0. The fraction of sp³-hybridized carbons (Fsp3) is 0.400. The quantitative estimate of drug-likeness (QED) is 0.552. The summed E-state index contributed by atoms with van der Waals surface area (Å²) in [6.07, 6.45) is 1.97. The number of ether oxygens (including phenoxy) is 1. The van der Waals surface area contributed by atoms with Crippen LogP contribution in [0.2, 0.25) is 0 Å². The van der Waals surface area contributed by atoms with Crippen LogP contribution < -0.4 is 4.74 Å². The maximum Gasteiger partial charge on any atom is 0.233 e. The van der Waals surface area contributed by atoms with Crippen molar-refractivity contribution < 1.29 is 4.74 Å². The summed E-state index contributed by atoms with van der Waals surface area (Å²) in [5.74, 6) is 1.42. The minimum Gasteiger partial charge on any atom is -0.474 e. The van der Waals surface area contributed by atoms with Crippen molar-refractivity contribution in [3.8, 4) is 5.88 Å². The van der Waals surface area contributed by atoms with Gasteiger partial charge in [-0.3, -0.25) is 0 Å². The van der Waals surface area contributed by atoms with Gasteiger partial charge in [-0.1, -0.05) is 6.08 Å². The number of nitrogens with zero attached hydrogens (tertiary/aromatic N) is 2. The fourth-order valence-electron chi connectivity index (χ4n) is 0.833. The molecule has 4 heteroatoms. The SMILES string of the molecule is C=CCSc1ccc(OC(C)C)nn1. The Labute approximate surface area is 88.6 Å². The van der Waals surface area contributed by atoms with Crippen LogP contribution in [0.1, 0.15) is 13.8 Å². The minimum absolute atomic E-state index is 0.135. The summed E-state index contributed by atoms with van der Waals surface area (Å²) < 4.78 is 5.37. The molecule has 0 amide bonds. The van der Waals surface area contributed by atoms with Crippen molar-refractivity contribution in [3.05, 3.63) is 24.8 Å². The number of hydrogen-bond acceptors (Lipinski definition) is 4. The van der Waals surface area contributed by atoms with E-state index in [1.54, 1.807) is 11.8 Å². The number of thioether (sulfide) groups is 1. The van der Waals surface area contributed by atoms with E-state index in [0.29, 0.717) is 5.88 Å². The fourth-order valence-corrected chi connectivity index (χ4v) is 1.38. The molecule has 0 saturated heterocycles. The van der Waals surface area contributed by atoms with E-state index in [-0.39, 0.29) is 6.10 Å². The Kier molecular flexibility index (Phi) is 4.46. The summed E-state index contributed by atoms with van der Waals surface area (Å²) in [6.45, 7) is 7.56. The van der Waals surface area contributed by atoms with Gasteiger partial charge >= 0.3 is 0 Å². The zero-order valence-corrected chi connectivity index (χ0v) is 9.25. The van der Waals surface area contributed by atoms with E-state index >= 15 is 0 Å². The third-order valence-electron chi connectivity index (χ3n) is 1.32. The van der Waals surface area contributed by atoms with Crippen LogP contribution in [0.25, 0.3) is 0 Å². The Morgan fingerprint density at radius 2 is 2.29 bits per heavy atom. The molecule has 76 valence electrons. The first-order valence-corrected chi connectivity index (χ1v) is 5.45. The van der Waals surface area contributed by atoms with Gasteiger partial charge in [-0.25, -0.2) is 0 Å². The number of hydrogen-bond donors (Lipinski definition) is 0. The summed E-state index contributed by atoms with van der Waals surface area (Å²) in [5.41, 5.74) is 0. The van der Waals surface area contributed by atoms with Gasteiger partial charge in [0.1, 0.15) is 5.03 Å². The molecule has 0 bridgehead atoms. The van der Waals surface area contributed by atoms with E-state index in [1.807, 2.05) is 32.1 Å². The average molecular weight is 210 g/mol. The van der Waals surface area contributed by atoms with Crippen LogP contribution in [0, 0.1) is 0 Å². The van der Waals surface area contributed by atoms with E-state index in [2.05, 4.69) is 16.8 Å². The third-order valence-corrected chi connectivity index (χ3v) is 2.24. The highest BCUT2D eigenvalue weighted by atomic mass is 32.2. The van der Waals surface area contributed by atoms with Crippen molar-refractivity contribution in [2.75, 3.05) is 5.75 Å². The molecule has 1 aromatic rings. The van der Waals surface area contributed by atoms with Gasteiger partial charge in [0.25, 0.3) is 0 Å². The van der Waals surface area contributed by atoms with Crippen molar-refractivity contribution in [2.45, 2.75) is 25.0 Å². The van der Waals surface area contributed by atoms with Crippen molar-refractivity contribution in [3.63, 3.8) is 0 Å². The molecule has 0 unspecified atom stereocenters. The highest BCUT2D eigenvalue weighted by molar-refractivity contribution is 7.99. The van der Waals surface area contributed by atoms with E-state index in [0.717, 1.165) is 10.8 Å². The first-order valence-electron chi connectivity index (χ1n) is 4.46. The standard InChI is InChI=1S/C10H14N2OS/c1-4-7-14-10-6-5-9(11-12-10)13-8(2)3/h4-6,8H,1,7H2,2-3H3. The molecule has 0 radical (unpaired) electrons. The topological polar surface area (TPSA) is 35.0 Å². The summed E-state index contributed by atoms with van der Waals surface area (Å²) >= 11 is 1.60. The second-order valence-electron chi connectivity index (χ2n) is 2.98. The van der Waals surface area contributed by atoms with Crippen LogP contribution in [-0.2, 0) is 0 Å². The molecule has 1 heterocycles. The first kappa shape index (κ1) is 11.0.